The molecular weight excluding hydrogens is 561 g/mol. The minimum atomic E-state index is -4.37. The number of aromatic nitrogens is 1. The third-order valence-corrected chi connectivity index (χ3v) is 9.37. The molecule has 202 valence electrons. The fourth-order valence-electron chi connectivity index (χ4n) is 5.02. The van der Waals surface area contributed by atoms with Crippen molar-refractivity contribution in [2.24, 2.45) is 0 Å². The standard InChI is InChI=1S/C29H26ClF3N4S2/c30-22-9-6-20(7-10-22)23-19-38-28(34-23)36-16-14-35(15-17-36)12-3-13-37-24-4-1-2-5-26(24)39-27-11-8-21(18-25(27)37)29(31,32)33/h1-2,4-11,18-19H,3,12-17H2. The van der Waals surface area contributed by atoms with Gasteiger partial charge in [-0.15, -0.1) is 11.3 Å². The maximum absolute atomic E-state index is 13.5. The van der Waals surface area contributed by atoms with Gasteiger partial charge in [0.15, 0.2) is 5.13 Å². The Hall–Kier alpha value is -2.72. The number of nitrogens with zero attached hydrogens (tertiary/aromatic N) is 4. The normalized spacial score (nSPS) is 15.8. The van der Waals surface area contributed by atoms with Gasteiger partial charge in [-0.25, -0.2) is 4.98 Å². The second kappa shape index (κ2) is 11.0. The Morgan fingerprint density at radius 3 is 2.36 bits per heavy atom. The molecule has 6 rings (SSSR count). The number of benzene rings is 3. The van der Waals surface area contributed by atoms with Gasteiger partial charge in [-0.05, 0) is 55.4 Å². The van der Waals surface area contributed by atoms with Gasteiger partial charge in [0, 0.05) is 58.5 Å². The summed E-state index contributed by atoms with van der Waals surface area (Å²) in [7, 11) is 0. The van der Waals surface area contributed by atoms with E-state index in [1.807, 2.05) is 48.5 Å². The largest absolute Gasteiger partial charge is 0.416 e. The van der Waals surface area contributed by atoms with E-state index in [1.54, 1.807) is 17.4 Å². The van der Waals surface area contributed by atoms with Gasteiger partial charge in [0.25, 0.3) is 0 Å². The molecule has 4 aromatic rings. The Kier molecular flexibility index (Phi) is 7.50. The lowest BCUT2D eigenvalue weighted by atomic mass is 10.1. The van der Waals surface area contributed by atoms with E-state index in [9.17, 15) is 13.2 Å². The van der Waals surface area contributed by atoms with E-state index >= 15 is 0 Å². The minimum absolute atomic E-state index is 0.608. The molecule has 3 heterocycles. The van der Waals surface area contributed by atoms with Crippen molar-refractivity contribution in [3.63, 3.8) is 0 Å². The Bertz CT molecular complexity index is 1450. The van der Waals surface area contributed by atoms with Gasteiger partial charge in [0.05, 0.1) is 22.6 Å². The van der Waals surface area contributed by atoms with E-state index in [0.29, 0.717) is 17.3 Å². The molecule has 0 bridgehead atoms. The molecule has 0 amide bonds. The summed E-state index contributed by atoms with van der Waals surface area (Å²) in [6.07, 6.45) is -3.51. The molecule has 2 aliphatic heterocycles. The highest BCUT2D eigenvalue weighted by atomic mass is 35.5. The van der Waals surface area contributed by atoms with Crippen molar-refractivity contribution in [1.82, 2.24) is 9.88 Å². The highest BCUT2D eigenvalue weighted by Gasteiger charge is 2.33. The second-order valence-corrected chi connectivity index (χ2v) is 12.0. The Balaban J connectivity index is 1.08. The van der Waals surface area contributed by atoms with E-state index in [4.69, 9.17) is 16.6 Å². The van der Waals surface area contributed by atoms with Crippen LogP contribution in [0.2, 0.25) is 5.02 Å². The molecule has 39 heavy (non-hydrogen) atoms. The van der Waals surface area contributed by atoms with Crippen molar-refractivity contribution in [3.05, 3.63) is 82.7 Å². The summed E-state index contributed by atoms with van der Waals surface area (Å²) in [6, 6.07) is 19.8. The number of hydrogen-bond donors (Lipinski definition) is 0. The average Bonchev–Trinajstić information content (AvgIpc) is 3.43. The van der Waals surface area contributed by atoms with Gasteiger partial charge in [-0.1, -0.05) is 47.6 Å². The lowest BCUT2D eigenvalue weighted by Crippen LogP contribution is -2.47. The number of alkyl halides is 3. The van der Waals surface area contributed by atoms with Crippen molar-refractivity contribution < 1.29 is 13.2 Å². The van der Waals surface area contributed by atoms with Crippen LogP contribution in [-0.2, 0) is 6.18 Å². The molecule has 2 aliphatic rings. The van der Waals surface area contributed by atoms with Gasteiger partial charge in [-0.2, -0.15) is 13.2 Å². The summed E-state index contributed by atoms with van der Waals surface area (Å²) >= 11 is 9.20. The number of piperazine rings is 1. The summed E-state index contributed by atoms with van der Waals surface area (Å²) in [6.45, 7) is 5.20. The highest BCUT2D eigenvalue weighted by molar-refractivity contribution is 7.99. The van der Waals surface area contributed by atoms with Crippen LogP contribution in [0.3, 0.4) is 0 Å². The zero-order valence-electron chi connectivity index (χ0n) is 21.0. The van der Waals surface area contributed by atoms with Crippen molar-refractivity contribution in [2.45, 2.75) is 22.4 Å². The van der Waals surface area contributed by atoms with Crippen LogP contribution in [0.25, 0.3) is 11.3 Å². The van der Waals surface area contributed by atoms with E-state index in [1.165, 1.54) is 23.9 Å². The molecule has 0 N–H and O–H groups in total. The molecule has 0 saturated carbocycles. The number of rotatable bonds is 6. The molecule has 0 radical (unpaired) electrons. The molecule has 1 aromatic heterocycles. The Morgan fingerprint density at radius 1 is 0.846 bits per heavy atom. The number of anilines is 3. The maximum atomic E-state index is 13.5. The first-order valence-electron chi connectivity index (χ1n) is 12.8. The van der Waals surface area contributed by atoms with Crippen LogP contribution in [0, 0.1) is 0 Å². The second-order valence-electron chi connectivity index (χ2n) is 9.61. The number of halogens is 4. The molecule has 0 unspecified atom stereocenters. The van der Waals surface area contributed by atoms with Gasteiger partial charge in [0.1, 0.15) is 0 Å². The Labute approximate surface area is 239 Å². The molecule has 3 aromatic carbocycles. The summed E-state index contributed by atoms with van der Waals surface area (Å²) in [5.74, 6) is 0. The van der Waals surface area contributed by atoms with Crippen molar-refractivity contribution in [2.75, 3.05) is 49.1 Å². The van der Waals surface area contributed by atoms with E-state index in [0.717, 1.165) is 71.0 Å². The fourth-order valence-corrected chi connectivity index (χ4v) is 7.12. The predicted octanol–water partition coefficient (Wildman–Crippen LogP) is 8.30. The van der Waals surface area contributed by atoms with Crippen LogP contribution in [0.5, 0.6) is 0 Å². The van der Waals surface area contributed by atoms with Crippen LogP contribution < -0.4 is 9.80 Å². The fraction of sp³-hybridized carbons (Fsp3) is 0.276. The first-order chi connectivity index (χ1) is 18.8. The molecular formula is C29H26ClF3N4S2. The van der Waals surface area contributed by atoms with Crippen molar-refractivity contribution in [3.8, 4) is 11.3 Å². The predicted molar refractivity (Wildman–Crippen MR) is 155 cm³/mol. The van der Waals surface area contributed by atoms with Crippen LogP contribution in [0.15, 0.2) is 81.9 Å². The number of thiazole rings is 1. The van der Waals surface area contributed by atoms with Gasteiger partial charge >= 0.3 is 6.18 Å². The lowest BCUT2D eigenvalue weighted by molar-refractivity contribution is -0.137. The van der Waals surface area contributed by atoms with Gasteiger partial charge in [0.2, 0.25) is 0 Å². The first kappa shape index (κ1) is 26.5. The summed E-state index contributed by atoms with van der Waals surface area (Å²) in [5, 5.41) is 3.82. The molecule has 1 saturated heterocycles. The number of fused-ring (bicyclic) bond motifs is 2. The van der Waals surface area contributed by atoms with Crippen LogP contribution in [0.1, 0.15) is 12.0 Å². The summed E-state index contributed by atoms with van der Waals surface area (Å²) in [5.41, 5.74) is 3.02. The topological polar surface area (TPSA) is 22.6 Å². The van der Waals surface area contributed by atoms with Gasteiger partial charge in [-0.3, -0.25) is 4.90 Å². The molecule has 0 atom stereocenters. The van der Waals surface area contributed by atoms with Crippen LogP contribution in [-0.4, -0.2) is 49.2 Å². The minimum Gasteiger partial charge on any atom is -0.346 e. The smallest absolute Gasteiger partial charge is 0.346 e. The van der Waals surface area contributed by atoms with Crippen LogP contribution >= 0.6 is 34.7 Å². The number of para-hydroxylation sites is 1. The zero-order valence-corrected chi connectivity index (χ0v) is 23.4. The molecule has 0 spiro atoms. The zero-order chi connectivity index (χ0) is 27.0. The quantitative estimate of drug-likeness (QED) is 0.226. The lowest BCUT2D eigenvalue weighted by Gasteiger charge is -2.36. The Morgan fingerprint density at radius 2 is 1.59 bits per heavy atom. The highest BCUT2D eigenvalue weighted by Crippen LogP contribution is 2.49. The summed E-state index contributed by atoms with van der Waals surface area (Å²) in [4.78, 5) is 13.6. The first-order valence-corrected chi connectivity index (χ1v) is 14.9. The molecule has 1 fully saturated rings. The van der Waals surface area contributed by atoms with E-state index in [2.05, 4.69) is 20.1 Å². The molecule has 4 nitrogen and oxygen atoms in total. The molecule has 10 heteroatoms. The van der Waals surface area contributed by atoms with Crippen molar-refractivity contribution in [1.29, 1.82) is 0 Å². The van der Waals surface area contributed by atoms with Gasteiger partial charge < -0.3 is 9.80 Å². The third kappa shape index (κ3) is 5.77. The van der Waals surface area contributed by atoms with Crippen molar-refractivity contribution >= 4 is 51.2 Å². The third-order valence-electron chi connectivity index (χ3n) is 7.08. The maximum Gasteiger partial charge on any atom is 0.416 e. The van der Waals surface area contributed by atoms with Crippen LogP contribution in [0.4, 0.5) is 29.7 Å². The van der Waals surface area contributed by atoms with E-state index < -0.39 is 11.7 Å². The monoisotopic (exact) mass is 586 g/mol. The molecule has 0 aliphatic carbocycles. The number of hydrogen-bond acceptors (Lipinski definition) is 6. The van der Waals surface area contributed by atoms with E-state index in [-0.39, 0.29) is 0 Å². The SMILES string of the molecule is FC(F)(F)c1ccc2c(c1)N(CCCN1CCN(c3nc(-c4ccc(Cl)cc4)cs3)CC1)c1ccccc1S2. The average molecular weight is 587 g/mol. The summed E-state index contributed by atoms with van der Waals surface area (Å²) < 4.78 is 40.5.